The fourth-order valence-electron chi connectivity index (χ4n) is 3.04. The highest BCUT2D eigenvalue weighted by Crippen LogP contribution is 2.37. The highest BCUT2D eigenvalue weighted by Gasteiger charge is 2.24. The van der Waals surface area contributed by atoms with Gasteiger partial charge in [0.25, 0.3) is 0 Å². The number of anilines is 2. The van der Waals surface area contributed by atoms with Gasteiger partial charge in [0.2, 0.25) is 5.88 Å². The molecule has 2 N–H and O–H groups in total. The SMILES string of the molecule is Cn1nc(OCC2CC2)c2c(Cl)cc(Nc3[nH]nc4ncccc34)cc21. The molecule has 7 nitrogen and oxygen atoms in total. The third-order valence-corrected chi connectivity index (χ3v) is 4.92. The van der Waals surface area contributed by atoms with Crippen molar-refractivity contribution in [2.24, 2.45) is 13.0 Å². The van der Waals surface area contributed by atoms with Crippen LogP contribution in [0.4, 0.5) is 11.5 Å². The number of nitrogens with one attached hydrogen (secondary N) is 2. The highest BCUT2D eigenvalue weighted by atomic mass is 35.5. The fraction of sp³-hybridized carbons (Fsp3) is 0.278. The number of benzene rings is 1. The van der Waals surface area contributed by atoms with Crippen molar-refractivity contribution in [3.05, 3.63) is 35.5 Å². The molecule has 1 aliphatic rings. The van der Waals surface area contributed by atoms with E-state index in [1.165, 1.54) is 12.8 Å². The van der Waals surface area contributed by atoms with Crippen LogP contribution in [0.25, 0.3) is 21.9 Å². The van der Waals surface area contributed by atoms with Gasteiger partial charge in [0, 0.05) is 18.9 Å². The molecule has 132 valence electrons. The first kappa shape index (κ1) is 15.5. The van der Waals surface area contributed by atoms with E-state index in [0.717, 1.165) is 27.8 Å². The molecule has 0 aliphatic heterocycles. The van der Waals surface area contributed by atoms with Gasteiger partial charge in [-0.2, -0.15) is 5.10 Å². The van der Waals surface area contributed by atoms with Gasteiger partial charge >= 0.3 is 0 Å². The van der Waals surface area contributed by atoms with Crippen LogP contribution in [0.3, 0.4) is 0 Å². The number of aromatic nitrogens is 5. The summed E-state index contributed by atoms with van der Waals surface area (Å²) in [5, 5.41) is 17.4. The first-order chi connectivity index (χ1) is 12.7. The average molecular weight is 369 g/mol. The number of rotatable bonds is 5. The zero-order valence-electron chi connectivity index (χ0n) is 14.2. The van der Waals surface area contributed by atoms with E-state index in [1.54, 1.807) is 10.9 Å². The molecule has 8 heteroatoms. The molecule has 0 amide bonds. The second-order valence-electron chi connectivity index (χ2n) is 6.63. The van der Waals surface area contributed by atoms with E-state index < -0.39 is 0 Å². The number of H-pyrrole nitrogens is 1. The number of pyridine rings is 1. The second-order valence-corrected chi connectivity index (χ2v) is 7.04. The topological polar surface area (TPSA) is 80.6 Å². The van der Waals surface area contributed by atoms with E-state index in [1.807, 2.05) is 31.3 Å². The summed E-state index contributed by atoms with van der Waals surface area (Å²) >= 11 is 6.56. The molecule has 3 heterocycles. The number of ether oxygens (including phenoxy) is 1. The molecule has 5 rings (SSSR count). The molecule has 4 aromatic rings. The smallest absolute Gasteiger partial charge is 0.242 e. The summed E-state index contributed by atoms with van der Waals surface area (Å²) in [6.45, 7) is 0.704. The van der Waals surface area contributed by atoms with Gasteiger partial charge in [-0.1, -0.05) is 11.6 Å². The monoisotopic (exact) mass is 368 g/mol. The minimum atomic E-state index is 0.599. The first-order valence-corrected chi connectivity index (χ1v) is 8.92. The fourth-order valence-corrected chi connectivity index (χ4v) is 3.34. The van der Waals surface area contributed by atoms with Crippen LogP contribution in [-0.4, -0.2) is 31.6 Å². The van der Waals surface area contributed by atoms with Crippen LogP contribution in [0, 0.1) is 5.92 Å². The molecule has 1 aliphatic carbocycles. The summed E-state index contributed by atoms with van der Waals surface area (Å²) in [7, 11) is 1.89. The van der Waals surface area contributed by atoms with Gasteiger partial charge in [-0.25, -0.2) is 4.98 Å². The van der Waals surface area contributed by atoms with Crippen LogP contribution in [0.1, 0.15) is 12.8 Å². The van der Waals surface area contributed by atoms with Crippen molar-refractivity contribution in [3.63, 3.8) is 0 Å². The maximum Gasteiger partial charge on any atom is 0.242 e. The number of hydrogen-bond donors (Lipinski definition) is 2. The molecule has 0 atom stereocenters. The normalized spacial score (nSPS) is 14.2. The van der Waals surface area contributed by atoms with Crippen molar-refractivity contribution in [3.8, 4) is 5.88 Å². The molecular weight excluding hydrogens is 352 g/mol. The molecule has 3 aromatic heterocycles. The Hall–Kier alpha value is -2.80. The van der Waals surface area contributed by atoms with E-state index in [9.17, 15) is 0 Å². The Balaban J connectivity index is 1.51. The maximum absolute atomic E-state index is 6.56. The van der Waals surface area contributed by atoms with Crippen LogP contribution < -0.4 is 10.1 Å². The maximum atomic E-state index is 6.56. The highest BCUT2D eigenvalue weighted by molar-refractivity contribution is 6.36. The Bertz CT molecular complexity index is 1110. The Labute approximate surface area is 154 Å². The van der Waals surface area contributed by atoms with Crippen molar-refractivity contribution in [2.45, 2.75) is 12.8 Å². The number of aromatic amines is 1. The third kappa shape index (κ3) is 2.64. The minimum Gasteiger partial charge on any atom is -0.476 e. The number of aryl methyl sites for hydroxylation is 1. The minimum absolute atomic E-state index is 0.599. The van der Waals surface area contributed by atoms with Gasteiger partial charge in [0.15, 0.2) is 5.65 Å². The molecule has 0 bridgehead atoms. The molecule has 1 saturated carbocycles. The van der Waals surface area contributed by atoms with Crippen molar-refractivity contribution in [1.82, 2.24) is 25.0 Å². The van der Waals surface area contributed by atoms with Gasteiger partial charge in [0.1, 0.15) is 5.82 Å². The van der Waals surface area contributed by atoms with Crippen molar-refractivity contribution < 1.29 is 4.74 Å². The Morgan fingerprint density at radius 1 is 1.38 bits per heavy atom. The lowest BCUT2D eigenvalue weighted by Gasteiger charge is -2.07. The summed E-state index contributed by atoms with van der Waals surface area (Å²) in [5.74, 6) is 2.03. The lowest BCUT2D eigenvalue weighted by Crippen LogP contribution is -2.00. The molecule has 0 saturated heterocycles. The van der Waals surface area contributed by atoms with Crippen LogP contribution in [0.15, 0.2) is 30.5 Å². The lowest BCUT2D eigenvalue weighted by atomic mass is 10.2. The number of hydrogen-bond acceptors (Lipinski definition) is 5. The predicted molar refractivity (Wildman–Crippen MR) is 101 cm³/mol. The molecule has 1 fully saturated rings. The average Bonchev–Trinajstić information content (AvgIpc) is 3.30. The quantitative estimate of drug-likeness (QED) is 0.556. The molecule has 0 radical (unpaired) electrons. The van der Waals surface area contributed by atoms with Crippen molar-refractivity contribution in [1.29, 1.82) is 0 Å². The summed E-state index contributed by atoms with van der Waals surface area (Å²) in [4.78, 5) is 4.23. The van der Waals surface area contributed by atoms with Gasteiger partial charge in [-0.3, -0.25) is 9.78 Å². The summed E-state index contributed by atoms with van der Waals surface area (Å²) < 4.78 is 7.68. The summed E-state index contributed by atoms with van der Waals surface area (Å²) in [6, 6.07) is 7.71. The number of nitrogens with zero attached hydrogens (tertiary/aromatic N) is 4. The second kappa shape index (κ2) is 5.88. The van der Waals surface area contributed by atoms with E-state index in [-0.39, 0.29) is 0 Å². The number of halogens is 1. The van der Waals surface area contributed by atoms with Crippen LogP contribution in [0.2, 0.25) is 5.02 Å². The summed E-state index contributed by atoms with van der Waals surface area (Å²) in [5.41, 5.74) is 2.42. The van der Waals surface area contributed by atoms with Gasteiger partial charge in [-0.05, 0) is 43.0 Å². The van der Waals surface area contributed by atoms with E-state index in [0.29, 0.717) is 29.1 Å². The predicted octanol–water partition coefficient (Wildman–Crippen LogP) is 4.03. The van der Waals surface area contributed by atoms with E-state index >= 15 is 0 Å². The lowest BCUT2D eigenvalue weighted by molar-refractivity contribution is 0.288. The molecule has 0 spiro atoms. The van der Waals surface area contributed by atoms with Gasteiger partial charge in [-0.15, -0.1) is 5.10 Å². The standard InChI is InChI=1S/C18H17ClN6O/c1-25-14-8-11(21-17-12-3-2-6-20-16(12)22-23-17)7-13(19)15(14)18(24-25)26-9-10-4-5-10/h2-3,6-8,10H,4-5,9H2,1H3,(H2,20,21,22,23). The third-order valence-electron chi connectivity index (χ3n) is 4.62. The van der Waals surface area contributed by atoms with Crippen molar-refractivity contribution >= 4 is 45.0 Å². The zero-order valence-corrected chi connectivity index (χ0v) is 14.9. The Morgan fingerprint density at radius 2 is 2.27 bits per heavy atom. The first-order valence-electron chi connectivity index (χ1n) is 8.54. The number of fused-ring (bicyclic) bond motifs is 2. The molecule has 1 aromatic carbocycles. The van der Waals surface area contributed by atoms with E-state index in [4.69, 9.17) is 16.3 Å². The van der Waals surface area contributed by atoms with Crippen molar-refractivity contribution in [2.75, 3.05) is 11.9 Å². The zero-order chi connectivity index (χ0) is 17.7. The van der Waals surface area contributed by atoms with Gasteiger partial charge in [0.05, 0.1) is 27.9 Å². The largest absolute Gasteiger partial charge is 0.476 e. The van der Waals surface area contributed by atoms with Crippen LogP contribution in [0.5, 0.6) is 5.88 Å². The molecule has 26 heavy (non-hydrogen) atoms. The molecule has 0 unspecified atom stereocenters. The Kier molecular flexibility index (Phi) is 3.49. The molecular formula is C18H17ClN6O. The van der Waals surface area contributed by atoms with Crippen LogP contribution in [-0.2, 0) is 7.05 Å². The van der Waals surface area contributed by atoms with E-state index in [2.05, 4.69) is 25.6 Å². The van der Waals surface area contributed by atoms with Crippen LogP contribution >= 0.6 is 11.6 Å². The van der Waals surface area contributed by atoms with Gasteiger partial charge < -0.3 is 10.1 Å². The Morgan fingerprint density at radius 3 is 3.12 bits per heavy atom. The summed E-state index contributed by atoms with van der Waals surface area (Å²) in [6.07, 6.45) is 4.19.